The van der Waals surface area contributed by atoms with E-state index >= 15 is 0 Å². The van der Waals surface area contributed by atoms with Crippen LogP contribution >= 0.6 is 0 Å². The second kappa shape index (κ2) is 3.94. The number of rotatable bonds is 3. The van der Waals surface area contributed by atoms with Gasteiger partial charge in [0.05, 0.1) is 6.10 Å². The first-order chi connectivity index (χ1) is 4.79. The molecule has 0 amide bonds. The van der Waals surface area contributed by atoms with Gasteiger partial charge in [-0.3, -0.25) is 0 Å². The third kappa shape index (κ3) is 2.67. The minimum atomic E-state index is 0.337. The maximum Gasteiger partial charge on any atom is 0.0576 e. The third-order valence-corrected chi connectivity index (χ3v) is 1.97. The molecule has 0 bridgehead atoms. The number of hydrogen-bond acceptors (Lipinski definition) is 2. The quantitative estimate of drug-likeness (QED) is 0.646. The summed E-state index contributed by atoms with van der Waals surface area (Å²) in [6.45, 7) is 3.01. The van der Waals surface area contributed by atoms with Crippen molar-refractivity contribution in [3.8, 4) is 0 Å². The minimum Gasteiger partial charge on any atom is -0.378 e. The highest BCUT2D eigenvalue weighted by Crippen LogP contribution is 2.16. The van der Waals surface area contributed by atoms with Gasteiger partial charge in [-0.15, -0.1) is 0 Å². The Morgan fingerprint density at radius 2 is 2.50 bits per heavy atom. The molecule has 0 radical (unpaired) electrons. The van der Waals surface area contributed by atoms with E-state index < -0.39 is 0 Å². The molecule has 2 atom stereocenters. The van der Waals surface area contributed by atoms with Crippen LogP contribution in [0.4, 0.5) is 0 Å². The Labute approximate surface area is 62.7 Å². The van der Waals surface area contributed by atoms with Crippen LogP contribution in [-0.2, 0) is 4.74 Å². The van der Waals surface area contributed by atoms with Crippen molar-refractivity contribution in [2.45, 2.75) is 44.8 Å². The van der Waals surface area contributed by atoms with Gasteiger partial charge >= 0.3 is 0 Å². The molecular weight excluding hydrogens is 126 g/mol. The molecule has 10 heavy (non-hydrogen) atoms. The summed E-state index contributed by atoms with van der Waals surface area (Å²) in [5.41, 5.74) is 5.61. The van der Waals surface area contributed by atoms with E-state index in [-0.39, 0.29) is 0 Å². The zero-order valence-electron chi connectivity index (χ0n) is 6.68. The minimum absolute atomic E-state index is 0.337. The Morgan fingerprint density at radius 3 is 3.00 bits per heavy atom. The van der Waals surface area contributed by atoms with Crippen molar-refractivity contribution in [3.05, 3.63) is 0 Å². The van der Waals surface area contributed by atoms with Crippen molar-refractivity contribution in [1.82, 2.24) is 0 Å². The molecule has 1 aliphatic rings. The van der Waals surface area contributed by atoms with Gasteiger partial charge in [-0.1, -0.05) is 0 Å². The van der Waals surface area contributed by atoms with Crippen LogP contribution in [-0.4, -0.2) is 18.8 Å². The fourth-order valence-electron chi connectivity index (χ4n) is 1.32. The molecule has 1 aliphatic heterocycles. The summed E-state index contributed by atoms with van der Waals surface area (Å²) in [6, 6.07) is 0.337. The summed E-state index contributed by atoms with van der Waals surface area (Å²) in [5, 5.41) is 0. The maximum absolute atomic E-state index is 5.61. The fraction of sp³-hybridized carbons (Fsp3) is 1.00. The smallest absolute Gasteiger partial charge is 0.0576 e. The SMILES string of the molecule is C[C@H](N)CC[C@@H]1CCCO1. The van der Waals surface area contributed by atoms with Crippen LogP contribution in [0, 0.1) is 0 Å². The molecule has 0 spiro atoms. The zero-order valence-corrected chi connectivity index (χ0v) is 6.68. The van der Waals surface area contributed by atoms with Crippen molar-refractivity contribution >= 4 is 0 Å². The average molecular weight is 143 g/mol. The Hall–Kier alpha value is -0.0800. The molecule has 0 unspecified atom stereocenters. The molecule has 0 aromatic rings. The van der Waals surface area contributed by atoms with Crippen LogP contribution in [0.1, 0.15) is 32.6 Å². The van der Waals surface area contributed by atoms with Crippen molar-refractivity contribution in [2.24, 2.45) is 5.73 Å². The number of hydrogen-bond donors (Lipinski definition) is 1. The van der Waals surface area contributed by atoms with Crippen molar-refractivity contribution < 1.29 is 4.74 Å². The van der Waals surface area contributed by atoms with E-state index in [1.165, 1.54) is 12.8 Å². The van der Waals surface area contributed by atoms with Gasteiger partial charge in [0.25, 0.3) is 0 Å². The van der Waals surface area contributed by atoms with Gasteiger partial charge in [-0.2, -0.15) is 0 Å². The van der Waals surface area contributed by atoms with Crippen LogP contribution in [0.15, 0.2) is 0 Å². The summed E-state index contributed by atoms with van der Waals surface area (Å²) in [6.07, 6.45) is 5.25. The highest BCUT2D eigenvalue weighted by molar-refractivity contribution is 4.66. The molecule has 1 saturated heterocycles. The summed E-state index contributed by atoms with van der Waals surface area (Å²) >= 11 is 0. The molecule has 2 nitrogen and oxygen atoms in total. The summed E-state index contributed by atoms with van der Waals surface area (Å²) < 4.78 is 5.45. The molecule has 0 aliphatic carbocycles. The van der Waals surface area contributed by atoms with Crippen LogP contribution in [0.5, 0.6) is 0 Å². The van der Waals surface area contributed by atoms with E-state index in [1.807, 2.05) is 0 Å². The lowest BCUT2D eigenvalue weighted by molar-refractivity contribution is 0.101. The highest BCUT2D eigenvalue weighted by atomic mass is 16.5. The lowest BCUT2D eigenvalue weighted by Gasteiger charge is -2.10. The van der Waals surface area contributed by atoms with Gasteiger partial charge in [-0.25, -0.2) is 0 Å². The lowest BCUT2D eigenvalue weighted by atomic mass is 10.1. The standard InChI is InChI=1S/C8H17NO/c1-7(9)4-5-8-3-2-6-10-8/h7-8H,2-6,9H2,1H3/t7-,8-/m0/s1. The molecular formula is C8H17NO. The normalized spacial score (nSPS) is 28.8. The molecule has 1 heterocycles. The van der Waals surface area contributed by atoms with Gasteiger partial charge < -0.3 is 10.5 Å². The van der Waals surface area contributed by atoms with Crippen molar-refractivity contribution in [3.63, 3.8) is 0 Å². The van der Waals surface area contributed by atoms with Gasteiger partial charge in [0.2, 0.25) is 0 Å². The van der Waals surface area contributed by atoms with Gasteiger partial charge in [-0.05, 0) is 32.6 Å². The second-order valence-corrected chi connectivity index (χ2v) is 3.19. The Kier molecular flexibility index (Phi) is 3.16. The molecule has 2 heteroatoms. The Balaban J connectivity index is 2.01. The fourth-order valence-corrected chi connectivity index (χ4v) is 1.32. The third-order valence-electron chi connectivity index (χ3n) is 1.97. The molecule has 60 valence electrons. The Bertz CT molecular complexity index is 87.3. The monoisotopic (exact) mass is 143 g/mol. The average Bonchev–Trinajstić information content (AvgIpc) is 2.34. The van der Waals surface area contributed by atoms with E-state index in [0.717, 1.165) is 19.4 Å². The molecule has 0 aromatic heterocycles. The van der Waals surface area contributed by atoms with E-state index in [2.05, 4.69) is 6.92 Å². The molecule has 0 saturated carbocycles. The zero-order chi connectivity index (χ0) is 7.40. The number of nitrogens with two attached hydrogens (primary N) is 1. The van der Waals surface area contributed by atoms with E-state index in [0.29, 0.717) is 12.1 Å². The number of ether oxygens (including phenoxy) is 1. The van der Waals surface area contributed by atoms with E-state index in [9.17, 15) is 0 Å². The highest BCUT2D eigenvalue weighted by Gasteiger charge is 2.14. The summed E-state index contributed by atoms with van der Waals surface area (Å²) in [5.74, 6) is 0. The maximum atomic E-state index is 5.61. The first-order valence-corrected chi connectivity index (χ1v) is 4.16. The lowest BCUT2D eigenvalue weighted by Crippen LogP contribution is -2.17. The van der Waals surface area contributed by atoms with Gasteiger partial charge in [0, 0.05) is 12.6 Å². The molecule has 0 aromatic carbocycles. The van der Waals surface area contributed by atoms with Crippen molar-refractivity contribution in [1.29, 1.82) is 0 Å². The van der Waals surface area contributed by atoms with Gasteiger partial charge in [0.1, 0.15) is 0 Å². The van der Waals surface area contributed by atoms with Crippen LogP contribution in [0.3, 0.4) is 0 Å². The summed E-state index contributed by atoms with van der Waals surface area (Å²) in [7, 11) is 0. The first-order valence-electron chi connectivity index (χ1n) is 4.16. The van der Waals surface area contributed by atoms with Crippen LogP contribution in [0.25, 0.3) is 0 Å². The topological polar surface area (TPSA) is 35.2 Å². The second-order valence-electron chi connectivity index (χ2n) is 3.19. The van der Waals surface area contributed by atoms with E-state index in [1.54, 1.807) is 0 Å². The van der Waals surface area contributed by atoms with Crippen LogP contribution < -0.4 is 5.73 Å². The molecule has 1 rings (SSSR count). The largest absolute Gasteiger partial charge is 0.378 e. The molecule has 1 fully saturated rings. The Morgan fingerprint density at radius 1 is 1.70 bits per heavy atom. The predicted molar refractivity (Wildman–Crippen MR) is 41.9 cm³/mol. The summed E-state index contributed by atoms with van der Waals surface area (Å²) in [4.78, 5) is 0. The van der Waals surface area contributed by atoms with Gasteiger partial charge in [0.15, 0.2) is 0 Å². The van der Waals surface area contributed by atoms with Crippen LogP contribution in [0.2, 0.25) is 0 Å². The first kappa shape index (κ1) is 8.02. The molecule has 2 N–H and O–H groups in total. The van der Waals surface area contributed by atoms with E-state index in [4.69, 9.17) is 10.5 Å². The van der Waals surface area contributed by atoms with Crippen molar-refractivity contribution in [2.75, 3.05) is 6.61 Å². The predicted octanol–water partition coefficient (Wildman–Crippen LogP) is 1.29.